The Balaban J connectivity index is 1.57. The molecule has 2 unspecified atom stereocenters. The maximum Gasteiger partial charge on any atom is 0.356 e. The molecule has 4 heterocycles. The van der Waals surface area contributed by atoms with Crippen molar-refractivity contribution in [3.05, 3.63) is 54.0 Å². The van der Waals surface area contributed by atoms with E-state index >= 15 is 0 Å². The number of carbonyl (C=O) groups is 2. The molecule has 0 bridgehead atoms. The van der Waals surface area contributed by atoms with Gasteiger partial charge in [-0.15, -0.1) is 0 Å². The van der Waals surface area contributed by atoms with E-state index in [9.17, 15) is 9.59 Å². The molecule has 3 N–H and O–H groups in total. The summed E-state index contributed by atoms with van der Waals surface area (Å²) in [5, 5.41) is 8.18. The number of benzene rings is 1. The SMILES string of the molecule is COCC(C)Nc1cnc2c(c1)c(NC(=O)C1CCOC1)c(C(=O)OC)n2CCc1c[nH]c2ccccc12. The molecule has 4 aromatic rings. The van der Waals surface area contributed by atoms with Gasteiger partial charge in [0.15, 0.2) is 5.69 Å². The molecule has 1 aromatic carbocycles. The number of para-hydroxylation sites is 1. The maximum atomic E-state index is 13.2. The fraction of sp³-hybridized carbons (Fsp3) is 0.393. The Morgan fingerprint density at radius 1 is 1.26 bits per heavy atom. The van der Waals surface area contributed by atoms with E-state index in [4.69, 9.17) is 19.2 Å². The van der Waals surface area contributed by atoms with Crippen LogP contribution in [0.3, 0.4) is 0 Å². The first-order valence-corrected chi connectivity index (χ1v) is 12.8. The van der Waals surface area contributed by atoms with Crippen molar-refractivity contribution in [2.24, 2.45) is 5.92 Å². The lowest BCUT2D eigenvalue weighted by Crippen LogP contribution is -2.24. The third kappa shape index (κ3) is 5.09. The number of H-pyrrole nitrogens is 1. The molecule has 10 heteroatoms. The predicted molar refractivity (Wildman–Crippen MR) is 146 cm³/mol. The van der Waals surface area contributed by atoms with Crippen LogP contribution in [0, 0.1) is 5.92 Å². The number of anilines is 2. The molecule has 38 heavy (non-hydrogen) atoms. The summed E-state index contributed by atoms with van der Waals surface area (Å²) in [6.07, 6.45) is 5.00. The number of aromatic nitrogens is 3. The molecule has 1 saturated heterocycles. The van der Waals surface area contributed by atoms with Gasteiger partial charge in [0.05, 0.1) is 43.8 Å². The van der Waals surface area contributed by atoms with Crippen LogP contribution in [0.25, 0.3) is 21.9 Å². The second-order valence-corrected chi connectivity index (χ2v) is 9.62. The third-order valence-corrected chi connectivity index (χ3v) is 6.94. The van der Waals surface area contributed by atoms with Crippen molar-refractivity contribution in [1.29, 1.82) is 0 Å². The Kier molecular flexibility index (Phi) is 7.62. The average molecular weight is 520 g/mol. The number of aryl methyl sites for hydroxylation is 2. The number of amides is 1. The number of carbonyl (C=O) groups excluding carboxylic acids is 2. The topological polar surface area (TPSA) is 120 Å². The molecular weight excluding hydrogens is 486 g/mol. The number of hydrogen-bond donors (Lipinski definition) is 3. The number of nitrogens with zero attached hydrogens (tertiary/aromatic N) is 2. The number of fused-ring (bicyclic) bond motifs is 2. The molecular formula is C28H33N5O5. The van der Waals surface area contributed by atoms with Gasteiger partial charge in [0.1, 0.15) is 5.65 Å². The van der Waals surface area contributed by atoms with E-state index in [0.717, 1.165) is 22.2 Å². The predicted octanol–water partition coefficient (Wildman–Crippen LogP) is 3.97. The van der Waals surface area contributed by atoms with Crippen molar-refractivity contribution in [2.75, 3.05) is 44.7 Å². The number of esters is 1. The molecule has 5 rings (SSSR count). The van der Waals surface area contributed by atoms with Crippen LogP contribution in [0.4, 0.5) is 11.4 Å². The quantitative estimate of drug-likeness (QED) is 0.271. The highest BCUT2D eigenvalue weighted by Crippen LogP contribution is 2.34. The lowest BCUT2D eigenvalue weighted by atomic mass is 10.1. The summed E-state index contributed by atoms with van der Waals surface area (Å²) in [5.74, 6) is -1.00. The molecule has 1 aliphatic heterocycles. The largest absolute Gasteiger partial charge is 0.464 e. The van der Waals surface area contributed by atoms with Crippen molar-refractivity contribution in [3.63, 3.8) is 0 Å². The van der Waals surface area contributed by atoms with Gasteiger partial charge in [-0.25, -0.2) is 9.78 Å². The van der Waals surface area contributed by atoms with E-state index in [1.807, 2.05) is 42.0 Å². The van der Waals surface area contributed by atoms with E-state index in [0.29, 0.717) is 55.9 Å². The summed E-state index contributed by atoms with van der Waals surface area (Å²) >= 11 is 0. The van der Waals surface area contributed by atoms with Crippen LogP contribution in [0.15, 0.2) is 42.7 Å². The van der Waals surface area contributed by atoms with Gasteiger partial charge in [0, 0.05) is 48.8 Å². The molecule has 1 fully saturated rings. The zero-order valence-corrected chi connectivity index (χ0v) is 21.9. The van der Waals surface area contributed by atoms with Crippen LogP contribution in [-0.4, -0.2) is 66.5 Å². The van der Waals surface area contributed by atoms with Gasteiger partial charge >= 0.3 is 5.97 Å². The highest BCUT2D eigenvalue weighted by atomic mass is 16.5. The first kappa shape index (κ1) is 25.7. The summed E-state index contributed by atoms with van der Waals surface area (Å²) in [4.78, 5) is 34.4. The zero-order chi connectivity index (χ0) is 26.6. The van der Waals surface area contributed by atoms with E-state index in [-0.39, 0.29) is 23.6 Å². The molecule has 0 saturated carbocycles. The Morgan fingerprint density at radius 2 is 2.11 bits per heavy atom. The summed E-state index contributed by atoms with van der Waals surface area (Å²) in [7, 11) is 2.99. The summed E-state index contributed by atoms with van der Waals surface area (Å²) in [6, 6.07) is 10.0. The fourth-order valence-corrected chi connectivity index (χ4v) is 5.07. The van der Waals surface area contributed by atoms with Crippen molar-refractivity contribution in [2.45, 2.75) is 32.4 Å². The first-order chi connectivity index (χ1) is 18.5. The van der Waals surface area contributed by atoms with Gasteiger partial charge in [-0.2, -0.15) is 0 Å². The molecule has 0 radical (unpaired) electrons. The number of methoxy groups -OCH3 is 2. The number of hydrogen-bond acceptors (Lipinski definition) is 7. The van der Waals surface area contributed by atoms with Gasteiger partial charge in [0.2, 0.25) is 5.91 Å². The molecule has 0 aliphatic carbocycles. The van der Waals surface area contributed by atoms with Crippen LogP contribution in [0.2, 0.25) is 0 Å². The number of pyridine rings is 1. The van der Waals surface area contributed by atoms with Gasteiger partial charge < -0.3 is 34.4 Å². The molecule has 1 aliphatic rings. The van der Waals surface area contributed by atoms with Crippen LogP contribution in [0.5, 0.6) is 0 Å². The van der Waals surface area contributed by atoms with E-state index in [2.05, 4.69) is 21.7 Å². The summed E-state index contributed by atoms with van der Waals surface area (Å²) in [5.41, 5.74) is 4.19. The lowest BCUT2D eigenvalue weighted by molar-refractivity contribution is -0.119. The standard InChI is InChI=1S/C28H33N5O5/c1-17(15-36-2)31-20-12-22-24(32-27(34)19-9-11-38-16-19)25(28(35)37-3)33(26(22)30-14-20)10-8-18-13-29-23-7-5-4-6-21(18)23/h4-7,12-14,17,19,29,31H,8-11,15-16H2,1-3H3,(H,32,34). The smallest absolute Gasteiger partial charge is 0.356 e. The van der Waals surface area contributed by atoms with Crippen molar-refractivity contribution < 1.29 is 23.8 Å². The lowest BCUT2D eigenvalue weighted by Gasteiger charge is -2.14. The number of nitrogens with one attached hydrogen (secondary N) is 3. The first-order valence-electron chi connectivity index (χ1n) is 12.8. The molecule has 1 amide bonds. The third-order valence-electron chi connectivity index (χ3n) is 6.94. The number of ether oxygens (including phenoxy) is 3. The average Bonchev–Trinajstić information content (AvgIpc) is 3.66. The second kappa shape index (κ2) is 11.2. The zero-order valence-electron chi connectivity index (χ0n) is 21.9. The van der Waals surface area contributed by atoms with Crippen LogP contribution in [0.1, 0.15) is 29.4 Å². The molecule has 2 atom stereocenters. The Hall–Kier alpha value is -3.89. The summed E-state index contributed by atoms with van der Waals surface area (Å²) < 4.78 is 17.7. The number of aromatic amines is 1. The van der Waals surface area contributed by atoms with E-state index in [1.165, 1.54) is 7.11 Å². The van der Waals surface area contributed by atoms with Gasteiger partial charge in [-0.3, -0.25) is 4.79 Å². The molecule has 3 aromatic heterocycles. The van der Waals surface area contributed by atoms with Gasteiger partial charge in [0.25, 0.3) is 0 Å². The second-order valence-electron chi connectivity index (χ2n) is 9.62. The van der Waals surface area contributed by atoms with E-state index in [1.54, 1.807) is 13.3 Å². The normalized spacial score (nSPS) is 16.1. The van der Waals surface area contributed by atoms with Crippen LogP contribution < -0.4 is 10.6 Å². The van der Waals surface area contributed by atoms with Gasteiger partial charge in [-0.1, -0.05) is 18.2 Å². The minimum absolute atomic E-state index is 0.0389. The Morgan fingerprint density at radius 3 is 2.87 bits per heavy atom. The number of rotatable bonds is 10. The van der Waals surface area contributed by atoms with Crippen molar-refractivity contribution in [1.82, 2.24) is 14.5 Å². The molecule has 10 nitrogen and oxygen atoms in total. The van der Waals surface area contributed by atoms with Crippen molar-refractivity contribution in [3.8, 4) is 0 Å². The summed E-state index contributed by atoms with van der Waals surface area (Å²) in [6.45, 7) is 3.88. The molecule has 0 spiro atoms. The fourth-order valence-electron chi connectivity index (χ4n) is 5.07. The van der Waals surface area contributed by atoms with Gasteiger partial charge in [-0.05, 0) is 37.5 Å². The highest BCUT2D eigenvalue weighted by Gasteiger charge is 2.30. The monoisotopic (exact) mass is 519 g/mol. The Labute approximate surface area is 220 Å². The highest BCUT2D eigenvalue weighted by molar-refractivity contribution is 6.11. The maximum absolute atomic E-state index is 13.2. The minimum atomic E-state index is -0.540. The van der Waals surface area contributed by atoms with Crippen molar-refractivity contribution >= 4 is 45.2 Å². The van der Waals surface area contributed by atoms with Crippen LogP contribution in [-0.2, 0) is 32.0 Å². The van der Waals surface area contributed by atoms with Crippen LogP contribution >= 0.6 is 0 Å². The molecule has 200 valence electrons. The van der Waals surface area contributed by atoms with E-state index < -0.39 is 5.97 Å². The minimum Gasteiger partial charge on any atom is -0.464 e. The Bertz CT molecular complexity index is 1450.